The quantitative estimate of drug-likeness (QED) is 0.887. The second-order valence-corrected chi connectivity index (χ2v) is 8.05. The average molecular weight is 327 g/mol. The number of hydrogen-bond acceptors (Lipinski definition) is 3. The number of likely N-dealkylation sites (tertiary alicyclic amines) is 1. The van der Waals surface area contributed by atoms with Crippen LogP contribution in [0.1, 0.15) is 43.2 Å². The Hall–Kier alpha value is -1.39. The Morgan fingerprint density at radius 1 is 1.21 bits per heavy atom. The first-order valence-corrected chi connectivity index (χ1v) is 9.52. The van der Waals surface area contributed by atoms with E-state index >= 15 is 0 Å². The number of fused-ring (bicyclic) bond motifs is 1. The largest absolute Gasteiger partial charge is 0.354 e. The maximum absolute atomic E-state index is 12.4. The van der Waals surface area contributed by atoms with Crippen molar-refractivity contribution in [1.29, 1.82) is 0 Å². The molecule has 4 nitrogen and oxygen atoms in total. The molecule has 4 rings (SSSR count). The molecule has 2 aliphatic carbocycles. The molecule has 1 amide bonds. The molecule has 0 spiro atoms. The van der Waals surface area contributed by atoms with Gasteiger partial charge >= 0.3 is 0 Å². The van der Waals surface area contributed by atoms with Gasteiger partial charge in [-0.3, -0.25) is 9.69 Å². The third-order valence-electron chi connectivity index (χ3n) is 6.36. The van der Waals surface area contributed by atoms with Gasteiger partial charge in [-0.1, -0.05) is 37.1 Å². The first-order valence-electron chi connectivity index (χ1n) is 9.52. The summed E-state index contributed by atoms with van der Waals surface area (Å²) in [6, 6.07) is 9.49. The van der Waals surface area contributed by atoms with Crippen molar-refractivity contribution in [3.8, 4) is 0 Å². The molecular formula is C20H29N3O. The van der Waals surface area contributed by atoms with Gasteiger partial charge in [0.1, 0.15) is 0 Å². The summed E-state index contributed by atoms with van der Waals surface area (Å²) in [4.78, 5) is 15.0. The molecule has 1 aromatic carbocycles. The van der Waals surface area contributed by atoms with E-state index in [1.165, 1.54) is 30.4 Å². The normalized spacial score (nSPS) is 26.6. The van der Waals surface area contributed by atoms with Crippen molar-refractivity contribution in [2.45, 2.75) is 56.5 Å². The molecule has 130 valence electrons. The van der Waals surface area contributed by atoms with Crippen molar-refractivity contribution in [3.63, 3.8) is 0 Å². The molecule has 1 aromatic rings. The fourth-order valence-corrected chi connectivity index (χ4v) is 4.80. The van der Waals surface area contributed by atoms with E-state index in [2.05, 4.69) is 34.5 Å². The molecule has 2 fully saturated rings. The Balaban J connectivity index is 1.26. The third-order valence-corrected chi connectivity index (χ3v) is 6.36. The lowest BCUT2D eigenvalue weighted by Gasteiger charge is -2.25. The van der Waals surface area contributed by atoms with Crippen molar-refractivity contribution < 1.29 is 4.79 Å². The lowest BCUT2D eigenvalue weighted by atomic mass is 9.97. The van der Waals surface area contributed by atoms with E-state index in [4.69, 9.17) is 5.73 Å². The maximum Gasteiger partial charge on any atom is 0.240 e. The van der Waals surface area contributed by atoms with Crippen molar-refractivity contribution in [3.05, 3.63) is 35.4 Å². The fraction of sp³-hybridized carbons (Fsp3) is 0.650. The van der Waals surface area contributed by atoms with E-state index in [1.54, 1.807) is 0 Å². The summed E-state index contributed by atoms with van der Waals surface area (Å²) >= 11 is 0. The van der Waals surface area contributed by atoms with E-state index in [1.807, 2.05) is 0 Å². The lowest BCUT2D eigenvalue weighted by Crippen LogP contribution is -2.52. The molecule has 0 aromatic heterocycles. The van der Waals surface area contributed by atoms with Gasteiger partial charge in [0.05, 0.1) is 5.54 Å². The lowest BCUT2D eigenvalue weighted by molar-refractivity contribution is -0.126. The summed E-state index contributed by atoms with van der Waals surface area (Å²) in [6.07, 6.45) is 7.41. The summed E-state index contributed by atoms with van der Waals surface area (Å²) in [7, 11) is 0. The number of hydrogen-bond donors (Lipinski definition) is 2. The predicted molar refractivity (Wildman–Crippen MR) is 95.7 cm³/mol. The zero-order valence-corrected chi connectivity index (χ0v) is 14.5. The molecule has 1 aliphatic heterocycles. The first kappa shape index (κ1) is 16.1. The van der Waals surface area contributed by atoms with Crippen molar-refractivity contribution in [2.24, 2.45) is 11.7 Å². The van der Waals surface area contributed by atoms with Crippen LogP contribution in [0, 0.1) is 5.92 Å². The van der Waals surface area contributed by atoms with E-state index < -0.39 is 5.54 Å². The zero-order chi connectivity index (χ0) is 16.6. The Labute approximate surface area is 144 Å². The van der Waals surface area contributed by atoms with Crippen LogP contribution in [-0.2, 0) is 17.6 Å². The highest BCUT2D eigenvalue weighted by molar-refractivity contribution is 5.86. The van der Waals surface area contributed by atoms with Gasteiger partial charge in [0.25, 0.3) is 0 Å². The van der Waals surface area contributed by atoms with E-state index in [0.29, 0.717) is 12.0 Å². The van der Waals surface area contributed by atoms with Gasteiger partial charge in [-0.15, -0.1) is 0 Å². The van der Waals surface area contributed by atoms with Crippen LogP contribution in [0.3, 0.4) is 0 Å². The molecule has 1 saturated heterocycles. The second kappa shape index (κ2) is 6.49. The third kappa shape index (κ3) is 3.09. The number of amides is 1. The molecule has 1 heterocycles. The average Bonchev–Trinajstić information content (AvgIpc) is 3.31. The number of rotatable bonds is 4. The Kier molecular flexibility index (Phi) is 4.35. The van der Waals surface area contributed by atoms with Gasteiger partial charge in [-0.25, -0.2) is 0 Å². The standard InChI is InChI=1S/C20H29N3O/c21-20(8-3-4-9-20)19(24)22-13-15-7-10-23(14-15)18-11-16-5-1-2-6-17(16)12-18/h1-2,5-6,15,18H,3-4,7-14,21H2,(H,22,24). The molecule has 3 N–H and O–H groups in total. The number of benzene rings is 1. The number of carbonyl (C=O) groups is 1. The van der Waals surface area contributed by atoms with Crippen LogP contribution in [0.25, 0.3) is 0 Å². The predicted octanol–water partition coefficient (Wildman–Crippen LogP) is 1.86. The summed E-state index contributed by atoms with van der Waals surface area (Å²) in [6.45, 7) is 3.05. The number of carbonyl (C=O) groups excluding carboxylic acids is 1. The zero-order valence-electron chi connectivity index (χ0n) is 14.5. The van der Waals surface area contributed by atoms with Crippen LogP contribution in [0.2, 0.25) is 0 Å². The maximum atomic E-state index is 12.4. The molecule has 24 heavy (non-hydrogen) atoms. The number of nitrogens with two attached hydrogens (primary N) is 1. The van der Waals surface area contributed by atoms with Gasteiger partial charge in [0.2, 0.25) is 5.91 Å². The van der Waals surface area contributed by atoms with Crippen LogP contribution in [-0.4, -0.2) is 42.0 Å². The SMILES string of the molecule is NC1(C(=O)NCC2CCN(C3Cc4ccccc4C3)C2)CCCC1. The van der Waals surface area contributed by atoms with Gasteiger partial charge in [-0.2, -0.15) is 0 Å². The number of nitrogens with zero attached hydrogens (tertiary/aromatic N) is 1. The van der Waals surface area contributed by atoms with E-state index in [9.17, 15) is 4.79 Å². The Bertz CT molecular complexity index is 584. The molecule has 4 heteroatoms. The fourth-order valence-electron chi connectivity index (χ4n) is 4.80. The Morgan fingerprint density at radius 2 is 1.88 bits per heavy atom. The summed E-state index contributed by atoms with van der Waals surface area (Å²) < 4.78 is 0. The minimum Gasteiger partial charge on any atom is -0.354 e. The summed E-state index contributed by atoms with van der Waals surface area (Å²) in [5.41, 5.74) is 8.69. The summed E-state index contributed by atoms with van der Waals surface area (Å²) in [5, 5.41) is 3.14. The van der Waals surface area contributed by atoms with Crippen LogP contribution < -0.4 is 11.1 Å². The highest BCUT2D eigenvalue weighted by atomic mass is 16.2. The first-order chi connectivity index (χ1) is 11.6. The van der Waals surface area contributed by atoms with Crippen molar-refractivity contribution in [2.75, 3.05) is 19.6 Å². The van der Waals surface area contributed by atoms with Crippen LogP contribution in [0.5, 0.6) is 0 Å². The van der Waals surface area contributed by atoms with Gasteiger partial charge in [0, 0.05) is 19.1 Å². The highest BCUT2D eigenvalue weighted by Crippen LogP contribution is 2.30. The minimum atomic E-state index is -0.592. The van der Waals surface area contributed by atoms with Crippen molar-refractivity contribution >= 4 is 5.91 Å². The minimum absolute atomic E-state index is 0.0757. The second-order valence-electron chi connectivity index (χ2n) is 8.05. The molecule has 1 saturated carbocycles. The monoisotopic (exact) mass is 327 g/mol. The summed E-state index contributed by atoms with van der Waals surface area (Å²) in [5.74, 6) is 0.648. The van der Waals surface area contributed by atoms with Crippen LogP contribution in [0.15, 0.2) is 24.3 Å². The highest BCUT2D eigenvalue weighted by Gasteiger charge is 2.38. The van der Waals surface area contributed by atoms with Crippen LogP contribution >= 0.6 is 0 Å². The smallest absolute Gasteiger partial charge is 0.240 e. The topological polar surface area (TPSA) is 58.4 Å². The molecule has 0 bridgehead atoms. The Morgan fingerprint density at radius 3 is 2.54 bits per heavy atom. The molecule has 1 unspecified atom stereocenters. The molecular weight excluding hydrogens is 298 g/mol. The molecule has 3 aliphatic rings. The van der Waals surface area contributed by atoms with E-state index in [-0.39, 0.29) is 5.91 Å². The molecule has 1 atom stereocenters. The van der Waals surface area contributed by atoms with Crippen LogP contribution in [0.4, 0.5) is 0 Å². The molecule has 0 radical (unpaired) electrons. The van der Waals surface area contributed by atoms with Crippen molar-refractivity contribution in [1.82, 2.24) is 10.2 Å². The number of nitrogens with one attached hydrogen (secondary N) is 1. The van der Waals surface area contributed by atoms with Gasteiger partial charge in [-0.05, 0) is 55.7 Å². The van der Waals surface area contributed by atoms with E-state index in [0.717, 1.165) is 45.3 Å². The van der Waals surface area contributed by atoms with Gasteiger partial charge in [0.15, 0.2) is 0 Å². The van der Waals surface area contributed by atoms with Gasteiger partial charge < -0.3 is 11.1 Å².